The molecule has 1 fully saturated rings. The van der Waals surface area contributed by atoms with Crippen LogP contribution in [-0.4, -0.2) is 57.4 Å². The Morgan fingerprint density at radius 2 is 1.70 bits per heavy atom. The highest BCUT2D eigenvalue weighted by Crippen LogP contribution is 2.22. The van der Waals surface area contributed by atoms with Crippen molar-refractivity contribution >= 4 is 33.3 Å². The van der Waals surface area contributed by atoms with E-state index < -0.39 is 39.9 Å². The predicted octanol–water partition coefficient (Wildman–Crippen LogP) is 3.25. The van der Waals surface area contributed by atoms with E-state index in [1.807, 2.05) is 12.1 Å². The first-order valence-corrected chi connectivity index (χ1v) is 12.3. The van der Waals surface area contributed by atoms with Crippen LogP contribution in [0.4, 0.5) is 15.8 Å². The van der Waals surface area contributed by atoms with Crippen molar-refractivity contribution in [3.8, 4) is 0 Å². The Bertz CT molecular complexity index is 1100. The summed E-state index contributed by atoms with van der Waals surface area (Å²) in [6.07, 6.45) is 2.32. The molecule has 0 radical (unpaired) electrons. The van der Waals surface area contributed by atoms with Crippen LogP contribution in [0.3, 0.4) is 0 Å². The van der Waals surface area contributed by atoms with Gasteiger partial charge in [0.1, 0.15) is 5.82 Å². The normalized spacial score (nSPS) is 13.9. The van der Waals surface area contributed by atoms with Crippen LogP contribution >= 0.6 is 0 Å². The summed E-state index contributed by atoms with van der Waals surface area (Å²) in [5, 5.41) is 2.62. The number of anilines is 2. The van der Waals surface area contributed by atoms with Crippen LogP contribution in [0.15, 0.2) is 47.4 Å². The van der Waals surface area contributed by atoms with Crippen LogP contribution in [0.5, 0.6) is 0 Å². The van der Waals surface area contributed by atoms with Crippen molar-refractivity contribution in [2.45, 2.75) is 31.6 Å². The van der Waals surface area contributed by atoms with Gasteiger partial charge in [-0.15, -0.1) is 0 Å². The van der Waals surface area contributed by atoms with E-state index in [9.17, 15) is 22.4 Å². The first-order chi connectivity index (χ1) is 15.8. The lowest BCUT2D eigenvalue weighted by molar-refractivity contribution is -0.119. The standard InChI is InChI=1S/C23H28FN3O5S/c1-3-27(4-2)33(30,31)19-11-12-21(24)20(15-19)23(29)32-16-22(28)25-17-7-9-18(10-8-17)26-13-5-6-14-26/h7-12,15H,3-6,13-14,16H2,1-2H3,(H,25,28). The Kier molecular flexibility index (Phi) is 8.04. The number of rotatable bonds is 9. The Morgan fingerprint density at radius 3 is 2.30 bits per heavy atom. The summed E-state index contributed by atoms with van der Waals surface area (Å²) < 4.78 is 45.6. The molecule has 0 unspecified atom stereocenters. The zero-order valence-corrected chi connectivity index (χ0v) is 19.5. The summed E-state index contributed by atoms with van der Waals surface area (Å²) in [7, 11) is -3.88. The fraction of sp³-hybridized carbons (Fsp3) is 0.391. The average molecular weight is 478 g/mol. The first kappa shape index (κ1) is 24.7. The van der Waals surface area contributed by atoms with E-state index in [-0.39, 0.29) is 18.0 Å². The molecule has 0 bridgehead atoms. The van der Waals surface area contributed by atoms with Gasteiger partial charge in [-0.1, -0.05) is 13.8 Å². The van der Waals surface area contributed by atoms with Crippen LogP contribution in [-0.2, 0) is 19.6 Å². The average Bonchev–Trinajstić information content (AvgIpc) is 3.34. The minimum atomic E-state index is -3.88. The summed E-state index contributed by atoms with van der Waals surface area (Å²) in [5.41, 5.74) is 1.07. The van der Waals surface area contributed by atoms with Gasteiger partial charge in [0, 0.05) is 37.6 Å². The highest BCUT2D eigenvalue weighted by Gasteiger charge is 2.25. The molecular formula is C23H28FN3O5S. The maximum Gasteiger partial charge on any atom is 0.341 e. The number of carbonyl (C=O) groups excluding carboxylic acids is 2. The van der Waals surface area contributed by atoms with E-state index in [2.05, 4.69) is 10.2 Å². The highest BCUT2D eigenvalue weighted by atomic mass is 32.2. The first-order valence-electron chi connectivity index (χ1n) is 10.9. The van der Waals surface area contributed by atoms with E-state index in [0.29, 0.717) is 5.69 Å². The molecule has 1 aliphatic rings. The van der Waals surface area contributed by atoms with Crippen LogP contribution < -0.4 is 10.2 Å². The molecule has 1 heterocycles. The maximum absolute atomic E-state index is 14.2. The van der Waals surface area contributed by atoms with Gasteiger partial charge < -0.3 is 15.0 Å². The van der Waals surface area contributed by atoms with Crippen molar-refractivity contribution in [3.05, 3.63) is 53.8 Å². The molecule has 1 saturated heterocycles. The van der Waals surface area contributed by atoms with E-state index in [0.717, 1.165) is 49.8 Å². The van der Waals surface area contributed by atoms with Crippen molar-refractivity contribution in [1.82, 2.24) is 4.31 Å². The second-order valence-electron chi connectivity index (χ2n) is 7.60. The zero-order chi connectivity index (χ0) is 24.0. The zero-order valence-electron chi connectivity index (χ0n) is 18.7. The van der Waals surface area contributed by atoms with E-state index in [4.69, 9.17) is 4.74 Å². The second-order valence-corrected chi connectivity index (χ2v) is 9.53. The van der Waals surface area contributed by atoms with Gasteiger partial charge in [0.15, 0.2) is 6.61 Å². The number of esters is 1. The molecule has 178 valence electrons. The highest BCUT2D eigenvalue weighted by molar-refractivity contribution is 7.89. The van der Waals surface area contributed by atoms with E-state index in [1.54, 1.807) is 26.0 Å². The molecule has 1 N–H and O–H groups in total. The third-order valence-corrected chi connectivity index (χ3v) is 7.50. The Hall–Kier alpha value is -2.98. The number of nitrogens with one attached hydrogen (secondary N) is 1. The minimum Gasteiger partial charge on any atom is -0.452 e. The molecule has 10 heteroatoms. The van der Waals surface area contributed by atoms with Gasteiger partial charge in [-0.2, -0.15) is 4.31 Å². The van der Waals surface area contributed by atoms with Gasteiger partial charge in [0.05, 0.1) is 10.5 Å². The minimum absolute atomic E-state index is 0.220. The summed E-state index contributed by atoms with van der Waals surface area (Å²) >= 11 is 0. The van der Waals surface area contributed by atoms with Gasteiger partial charge in [0.25, 0.3) is 5.91 Å². The van der Waals surface area contributed by atoms with Crippen molar-refractivity contribution in [1.29, 1.82) is 0 Å². The SMILES string of the molecule is CCN(CC)S(=O)(=O)c1ccc(F)c(C(=O)OCC(=O)Nc2ccc(N3CCCC3)cc2)c1. The summed E-state index contributed by atoms with van der Waals surface area (Å²) in [6, 6.07) is 10.3. The molecule has 8 nitrogen and oxygen atoms in total. The molecule has 0 atom stereocenters. The predicted molar refractivity (Wildman–Crippen MR) is 123 cm³/mol. The number of hydrogen-bond donors (Lipinski definition) is 1. The van der Waals surface area contributed by atoms with Crippen LogP contribution in [0.1, 0.15) is 37.0 Å². The summed E-state index contributed by atoms with van der Waals surface area (Å²) in [4.78, 5) is 26.6. The molecule has 0 saturated carbocycles. The lowest BCUT2D eigenvalue weighted by atomic mass is 10.2. The van der Waals surface area contributed by atoms with Gasteiger partial charge in [-0.05, 0) is 55.3 Å². The summed E-state index contributed by atoms with van der Waals surface area (Å²) in [5.74, 6) is -2.65. The van der Waals surface area contributed by atoms with Crippen molar-refractivity contribution in [3.63, 3.8) is 0 Å². The topological polar surface area (TPSA) is 96.0 Å². The van der Waals surface area contributed by atoms with Gasteiger partial charge in [0.2, 0.25) is 10.0 Å². The Labute approximate surface area is 193 Å². The number of hydrogen-bond acceptors (Lipinski definition) is 6. The van der Waals surface area contributed by atoms with Gasteiger partial charge >= 0.3 is 5.97 Å². The number of amides is 1. The quantitative estimate of drug-likeness (QED) is 0.557. The Morgan fingerprint density at radius 1 is 1.06 bits per heavy atom. The number of carbonyl (C=O) groups is 2. The Balaban J connectivity index is 1.61. The number of benzene rings is 2. The van der Waals surface area contributed by atoms with Crippen molar-refractivity contribution in [2.24, 2.45) is 0 Å². The molecule has 3 rings (SSSR count). The van der Waals surface area contributed by atoms with Gasteiger partial charge in [-0.25, -0.2) is 17.6 Å². The van der Waals surface area contributed by atoms with E-state index in [1.165, 1.54) is 4.31 Å². The van der Waals surface area contributed by atoms with Crippen LogP contribution in [0, 0.1) is 5.82 Å². The molecule has 33 heavy (non-hydrogen) atoms. The molecule has 2 aromatic rings. The third-order valence-electron chi connectivity index (χ3n) is 5.46. The van der Waals surface area contributed by atoms with Gasteiger partial charge in [-0.3, -0.25) is 4.79 Å². The van der Waals surface area contributed by atoms with Crippen LogP contribution in [0.2, 0.25) is 0 Å². The molecule has 0 aliphatic carbocycles. The molecule has 2 aromatic carbocycles. The fourth-order valence-corrected chi connectivity index (χ4v) is 5.16. The smallest absolute Gasteiger partial charge is 0.341 e. The van der Waals surface area contributed by atoms with Crippen molar-refractivity contribution in [2.75, 3.05) is 43.0 Å². The molecular weight excluding hydrogens is 449 g/mol. The third kappa shape index (κ3) is 5.88. The lowest BCUT2D eigenvalue weighted by Gasteiger charge is -2.18. The largest absolute Gasteiger partial charge is 0.452 e. The van der Waals surface area contributed by atoms with E-state index >= 15 is 0 Å². The van der Waals surface area contributed by atoms with Crippen LogP contribution in [0.25, 0.3) is 0 Å². The second kappa shape index (κ2) is 10.8. The molecule has 0 spiro atoms. The fourth-order valence-electron chi connectivity index (χ4n) is 3.67. The summed E-state index contributed by atoms with van der Waals surface area (Å²) in [6.45, 7) is 5.20. The molecule has 1 aliphatic heterocycles. The molecule has 1 amide bonds. The lowest BCUT2D eigenvalue weighted by Crippen LogP contribution is -2.30. The maximum atomic E-state index is 14.2. The monoisotopic (exact) mass is 477 g/mol. The number of nitrogens with zero attached hydrogens (tertiary/aromatic N) is 2. The molecule has 0 aromatic heterocycles. The number of halogens is 1. The number of sulfonamides is 1. The van der Waals surface area contributed by atoms with Crippen molar-refractivity contribution < 1.29 is 27.1 Å². The number of ether oxygens (including phenoxy) is 1.